The third-order valence-electron chi connectivity index (χ3n) is 1.34. The number of nitrogens with two attached hydrogens (primary N) is 1. The Hall–Kier alpha value is -0.750. The Morgan fingerprint density at radius 3 is 2.83 bits per heavy atom. The summed E-state index contributed by atoms with van der Waals surface area (Å²) in [5, 5.41) is 11.0. The molecule has 1 aromatic rings. The Morgan fingerprint density at radius 2 is 2.33 bits per heavy atom. The van der Waals surface area contributed by atoms with Crippen molar-refractivity contribution in [1.29, 1.82) is 0 Å². The van der Waals surface area contributed by atoms with E-state index in [2.05, 4.69) is 20.1 Å². The summed E-state index contributed by atoms with van der Waals surface area (Å²) in [5.74, 6) is 0. The van der Waals surface area contributed by atoms with Crippen LogP contribution in [0.5, 0.6) is 0 Å². The van der Waals surface area contributed by atoms with Crippen LogP contribution in [0.1, 0.15) is 20.3 Å². The van der Waals surface area contributed by atoms with Crippen molar-refractivity contribution in [1.82, 2.24) is 14.8 Å². The first kappa shape index (κ1) is 9.34. The minimum atomic E-state index is -0.134. The topological polar surface area (TPSA) is 76.7 Å². The van der Waals surface area contributed by atoms with Crippen molar-refractivity contribution in [3.63, 3.8) is 0 Å². The highest BCUT2D eigenvalue weighted by atomic mass is 32.1. The second kappa shape index (κ2) is 3.77. The maximum atomic E-state index is 5.79. The molecule has 1 rings (SSSR count). The minimum Gasteiger partial charge on any atom is -0.359 e. The highest BCUT2D eigenvalue weighted by Crippen LogP contribution is 2.07. The fourth-order valence-electron chi connectivity index (χ4n) is 0.693. The normalized spacial score (nSPS) is 11.6. The van der Waals surface area contributed by atoms with Crippen LogP contribution in [-0.4, -0.2) is 26.9 Å². The molecule has 3 N–H and O–H groups in total. The summed E-state index contributed by atoms with van der Waals surface area (Å²) in [6.45, 7) is 4.79. The fraction of sp³-hybridized carbons (Fsp3) is 0.833. The van der Waals surface area contributed by atoms with Crippen molar-refractivity contribution in [3.8, 4) is 0 Å². The molecule has 0 unspecified atom stereocenters. The molecule has 0 amide bonds. The maximum absolute atomic E-state index is 5.79. The van der Waals surface area contributed by atoms with Gasteiger partial charge in [-0.05, 0) is 25.5 Å². The van der Waals surface area contributed by atoms with Gasteiger partial charge in [0, 0.05) is 23.6 Å². The molecule has 0 saturated heterocycles. The van der Waals surface area contributed by atoms with E-state index in [0.29, 0.717) is 0 Å². The molecule has 6 heteroatoms. The molecule has 0 aromatic carbocycles. The van der Waals surface area contributed by atoms with E-state index in [-0.39, 0.29) is 5.54 Å². The van der Waals surface area contributed by atoms with Gasteiger partial charge in [-0.2, -0.15) is 0 Å². The minimum absolute atomic E-state index is 0.134. The zero-order valence-electron chi connectivity index (χ0n) is 7.24. The molecule has 0 spiro atoms. The van der Waals surface area contributed by atoms with E-state index >= 15 is 0 Å². The SMILES string of the molecule is CC(C)(N)CCNc1nnns1. The lowest BCUT2D eigenvalue weighted by atomic mass is 10.0. The molecule has 0 fully saturated rings. The van der Waals surface area contributed by atoms with Gasteiger partial charge in [0.2, 0.25) is 5.13 Å². The van der Waals surface area contributed by atoms with Crippen molar-refractivity contribution in [3.05, 3.63) is 0 Å². The number of nitrogens with one attached hydrogen (secondary N) is 1. The first-order chi connectivity index (χ1) is 5.58. The Kier molecular flexibility index (Phi) is 2.93. The van der Waals surface area contributed by atoms with Gasteiger partial charge in [-0.3, -0.25) is 0 Å². The molecule has 0 radical (unpaired) electrons. The van der Waals surface area contributed by atoms with Crippen LogP contribution in [0.2, 0.25) is 0 Å². The predicted molar refractivity (Wildman–Crippen MR) is 49.1 cm³/mol. The molecule has 0 aliphatic carbocycles. The second-order valence-electron chi connectivity index (χ2n) is 3.33. The largest absolute Gasteiger partial charge is 0.359 e. The summed E-state index contributed by atoms with van der Waals surface area (Å²) in [6.07, 6.45) is 0.895. The van der Waals surface area contributed by atoms with Gasteiger partial charge in [0.15, 0.2) is 0 Å². The van der Waals surface area contributed by atoms with Gasteiger partial charge >= 0.3 is 0 Å². The molecular weight excluding hydrogens is 174 g/mol. The van der Waals surface area contributed by atoms with E-state index in [1.807, 2.05) is 13.8 Å². The Bertz CT molecular complexity index is 214. The standard InChI is InChI=1S/C6H13N5S/c1-6(2,7)3-4-8-5-9-10-11-12-5/h3-4,7H2,1-2H3,(H,8,9,11). The summed E-state index contributed by atoms with van der Waals surface area (Å²) in [4.78, 5) is 0. The highest BCUT2D eigenvalue weighted by Gasteiger charge is 2.09. The van der Waals surface area contributed by atoms with Gasteiger partial charge in [0.1, 0.15) is 0 Å². The summed E-state index contributed by atoms with van der Waals surface area (Å²) in [7, 11) is 0. The molecule has 1 aromatic heterocycles. The summed E-state index contributed by atoms with van der Waals surface area (Å²) >= 11 is 1.25. The van der Waals surface area contributed by atoms with Crippen LogP contribution in [0.3, 0.4) is 0 Å². The van der Waals surface area contributed by atoms with Crippen LogP contribution in [0.25, 0.3) is 0 Å². The summed E-state index contributed by atoms with van der Waals surface area (Å²) in [6, 6.07) is 0. The van der Waals surface area contributed by atoms with E-state index in [1.165, 1.54) is 11.5 Å². The monoisotopic (exact) mass is 187 g/mol. The molecule has 0 bridgehead atoms. The molecule has 0 atom stereocenters. The van der Waals surface area contributed by atoms with E-state index in [1.54, 1.807) is 0 Å². The van der Waals surface area contributed by atoms with E-state index in [9.17, 15) is 0 Å². The van der Waals surface area contributed by atoms with Gasteiger partial charge in [-0.25, -0.2) is 0 Å². The average Bonchev–Trinajstić information content (AvgIpc) is 2.36. The first-order valence-corrected chi connectivity index (χ1v) is 4.53. The average molecular weight is 187 g/mol. The lowest BCUT2D eigenvalue weighted by Gasteiger charge is -2.17. The first-order valence-electron chi connectivity index (χ1n) is 3.76. The predicted octanol–water partition coefficient (Wildman–Crippen LogP) is 0.472. The van der Waals surface area contributed by atoms with Gasteiger partial charge in [0.05, 0.1) is 0 Å². The highest BCUT2D eigenvalue weighted by molar-refractivity contribution is 7.09. The van der Waals surface area contributed by atoms with Crippen LogP contribution >= 0.6 is 11.5 Å². The van der Waals surface area contributed by atoms with Gasteiger partial charge < -0.3 is 11.1 Å². The molecule has 0 aliphatic rings. The van der Waals surface area contributed by atoms with Crippen molar-refractivity contribution in [2.75, 3.05) is 11.9 Å². The quantitative estimate of drug-likeness (QED) is 0.716. The zero-order chi connectivity index (χ0) is 9.03. The van der Waals surface area contributed by atoms with Crippen molar-refractivity contribution >= 4 is 16.7 Å². The maximum Gasteiger partial charge on any atom is 0.225 e. The molecular formula is C6H13N5S. The Balaban J connectivity index is 2.20. The Morgan fingerprint density at radius 1 is 1.58 bits per heavy atom. The van der Waals surface area contributed by atoms with Gasteiger partial charge in [0.25, 0.3) is 0 Å². The molecule has 68 valence electrons. The smallest absolute Gasteiger partial charge is 0.225 e. The van der Waals surface area contributed by atoms with Crippen molar-refractivity contribution < 1.29 is 0 Å². The number of rotatable bonds is 4. The van der Waals surface area contributed by atoms with Crippen LogP contribution < -0.4 is 11.1 Å². The Labute approximate surface area is 75.5 Å². The number of aromatic nitrogens is 3. The third-order valence-corrected chi connectivity index (χ3v) is 1.90. The number of anilines is 1. The molecule has 0 aliphatic heterocycles. The van der Waals surface area contributed by atoms with Crippen molar-refractivity contribution in [2.45, 2.75) is 25.8 Å². The van der Waals surface area contributed by atoms with Crippen LogP contribution in [0, 0.1) is 0 Å². The zero-order valence-corrected chi connectivity index (χ0v) is 8.06. The van der Waals surface area contributed by atoms with E-state index in [0.717, 1.165) is 18.1 Å². The molecule has 12 heavy (non-hydrogen) atoms. The third kappa shape index (κ3) is 3.59. The van der Waals surface area contributed by atoms with Crippen LogP contribution in [0.15, 0.2) is 0 Å². The number of hydrogen-bond acceptors (Lipinski definition) is 6. The van der Waals surface area contributed by atoms with Crippen molar-refractivity contribution in [2.24, 2.45) is 5.73 Å². The second-order valence-corrected chi connectivity index (χ2v) is 4.07. The van der Waals surface area contributed by atoms with Crippen LogP contribution in [0.4, 0.5) is 5.13 Å². The van der Waals surface area contributed by atoms with E-state index < -0.39 is 0 Å². The summed E-state index contributed by atoms with van der Waals surface area (Å²) in [5.41, 5.74) is 5.65. The lowest BCUT2D eigenvalue weighted by Crippen LogP contribution is -2.34. The number of hydrogen-bond donors (Lipinski definition) is 2. The van der Waals surface area contributed by atoms with Gasteiger partial charge in [-0.15, -0.1) is 0 Å². The molecule has 5 nitrogen and oxygen atoms in total. The fourth-order valence-corrected chi connectivity index (χ4v) is 1.08. The van der Waals surface area contributed by atoms with Gasteiger partial charge in [-0.1, -0.05) is 9.59 Å². The lowest BCUT2D eigenvalue weighted by molar-refractivity contribution is 0.490. The molecule has 1 heterocycles. The van der Waals surface area contributed by atoms with Crippen LogP contribution in [-0.2, 0) is 0 Å². The summed E-state index contributed by atoms with van der Waals surface area (Å²) < 4.78 is 3.62. The van der Waals surface area contributed by atoms with E-state index in [4.69, 9.17) is 5.73 Å². The molecule has 0 saturated carbocycles. The number of nitrogens with zero attached hydrogens (tertiary/aromatic N) is 3.